The summed E-state index contributed by atoms with van der Waals surface area (Å²) in [5, 5.41) is 0. The second-order valence-corrected chi connectivity index (χ2v) is 6.66. The lowest BCUT2D eigenvalue weighted by Gasteiger charge is -2.38. The number of hydrogen-bond donors (Lipinski definition) is 0. The Bertz CT molecular complexity index is 502. The molecule has 1 aromatic carbocycles. The lowest BCUT2D eigenvalue weighted by Crippen LogP contribution is -2.52. The molecule has 3 rings (SSSR count). The van der Waals surface area contributed by atoms with Gasteiger partial charge >= 0.3 is 0 Å². The highest BCUT2D eigenvalue weighted by Crippen LogP contribution is 2.35. The molecule has 3 nitrogen and oxygen atoms in total. The Labute approximate surface area is 127 Å². The van der Waals surface area contributed by atoms with Crippen molar-refractivity contribution in [2.24, 2.45) is 5.92 Å². The quantitative estimate of drug-likeness (QED) is 0.849. The van der Waals surface area contributed by atoms with Crippen molar-refractivity contribution < 1.29 is 4.79 Å². The minimum Gasteiger partial charge on any atom is -0.340 e. The Kier molecular flexibility index (Phi) is 4.29. The maximum atomic E-state index is 12.4. The molecule has 0 spiro atoms. The Balaban J connectivity index is 1.50. The van der Waals surface area contributed by atoms with Crippen LogP contribution in [-0.2, 0) is 11.2 Å². The van der Waals surface area contributed by atoms with Gasteiger partial charge in [-0.25, -0.2) is 0 Å². The normalized spacial score (nSPS) is 21.3. The number of hydrogen-bond acceptors (Lipinski definition) is 2. The zero-order valence-corrected chi connectivity index (χ0v) is 13.2. The Hall–Kier alpha value is -1.35. The molecule has 1 aromatic rings. The van der Waals surface area contributed by atoms with Gasteiger partial charge < -0.3 is 4.90 Å². The van der Waals surface area contributed by atoms with E-state index < -0.39 is 0 Å². The highest BCUT2D eigenvalue weighted by Gasteiger charge is 2.33. The summed E-state index contributed by atoms with van der Waals surface area (Å²) in [7, 11) is 0. The second kappa shape index (κ2) is 6.18. The van der Waals surface area contributed by atoms with E-state index in [0.717, 1.165) is 37.7 Å². The lowest BCUT2D eigenvalue weighted by molar-refractivity contribution is -0.132. The second-order valence-electron chi connectivity index (χ2n) is 6.66. The van der Waals surface area contributed by atoms with Crippen molar-refractivity contribution in [1.29, 1.82) is 0 Å². The van der Waals surface area contributed by atoms with E-state index in [1.807, 2.05) is 11.0 Å². The van der Waals surface area contributed by atoms with Gasteiger partial charge in [0.05, 0.1) is 6.42 Å². The van der Waals surface area contributed by atoms with Crippen molar-refractivity contribution in [1.82, 2.24) is 9.80 Å². The number of piperazine rings is 1. The minimum atomic E-state index is 0.277. The van der Waals surface area contributed by atoms with Crippen molar-refractivity contribution >= 4 is 5.91 Å². The van der Waals surface area contributed by atoms with Gasteiger partial charge in [0, 0.05) is 32.2 Å². The highest BCUT2D eigenvalue weighted by molar-refractivity contribution is 5.79. The lowest BCUT2D eigenvalue weighted by atomic mass is 10.1. The van der Waals surface area contributed by atoms with Crippen molar-refractivity contribution in [2.75, 3.05) is 26.2 Å². The molecule has 2 fully saturated rings. The molecule has 0 aromatic heterocycles. The van der Waals surface area contributed by atoms with Crippen LogP contribution >= 0.6 is 0 Å². The molecule has 1 unspecified atom stereocenters. The van der Waals surface area contributed by atoms with E-state index in [1.165, 1.54) is 18.4 Å². The third-order valence-corrected chi connectivity index (χ3v) is 4.98. The first-order chi connectivity index (χ1) is 10.1. The predicted octanol–water partition coefficient (Wildman–Crippen LogP) is 2.48. The molecule has 1 atom stereocenters. The van der Waals surface area contributed by atoms with Crippen LogP contribution in [0.25, 0.3) is 0 Å². The number of benzene rings is 1. The van der Waals surface area contributed by atoms with Crippen LogP contribution in [0.1, 0.15) is 30.9 Å². The number of rotatable bonds is 4. The SMILES string of the molecule is Cc1cccc(CC(=O)N2CCN(C(C)C3CC3)CC2)c1. The third kappa shape index (κ3) is 3.65. The van der Waals surface area contributed by atoms with Crippen molar-refractivity contribution in [2.45, 2.75) is 39.2 Å². The fourth-order valence-corrected chi connectivity index (χ4v) is 3.36. The zero-order chi connectivity index (χ0) is 14.8. The summed E-state index contributed by atoms with van der Waals surface area (Å²) in [5.74, 6) is 1.19. The van der Waals surface area contributed by atoms with Gasteiger partial charge in [0.2, 0.25) is 5.91 Å². The van der Waals surface area contributed by atoms with Gasteiger partial charge in [-0.3, -0.25) is 9.69 Å². The maximum Gasteiger partial charge on any atom is 0.227 e. The van der Waals surface area contributed by atoms with E-state index in [4.69, 9.17) is 0 Å². The van der Waals surface area contributed by atoms with Crippen molar-refractivity contribution in [3.63, 3.8) is 0 Å². The van der Waals surface area contributed by atoms with Crippen LogP contribution in [-0.4, -0.2) is 47.9 Å². The summed E-state index contributed by atoms with van der Waals surface area (Å²) in [5.41, 5.74) is 2.36. The smallest absolute Gasteiger partial charge is 0.227 e. The number of amides is 1. The molecule has 1 aliphatic heterocycles. The Morgan fingerprint density at radius 2 is 1.95 bits per heavy atom. The Morgan fingerprint density at radius 3 is 2.57 bits per heavy atom. The fraction of sp³-hybridized carbons (Fsp3) is 0.611. The fourth-order valence-electron chi connectivity index (χ4n) is 3.36. The summed E-state index contributed by atoms with van der Waals surface area (Å²) < 4.78 is 0. The highest BCUT2D eigenvalue weighted by atomic mass is 16.2. The number of carbonyl (C=O) groups excluding carboxylic acids is 1. The average Bonchev–Trinajstić information content (AvgIpc) is 3.31. The van der Waals surface area contributed by atoms with Crippen molar-refractivity contribution in [3.05, 3.63) is 35.4 Å². The summed E-state index contributed by atoms with van der Waals surface area (Å²) in [4.78, 5) is 17.0. The van der Waals surface area contributed by atoms with Gasteiger partial charge in [-0.15, -0.1) is 0 Å². The molecule has 1 saturated carbocycles. The van der Waals surface area contributed by atoms with Gasteiger partial charge in [0.1, 0.15) is 0 Å². The van der Waals surface area contributed by atoms with Crippen LogP contribution in [0.4, 0.5) is 0 Å². The first-order valence-electron chi connectivity index (χ1n) is 8.21. The molecule has 21 heavy (non-hydrogen) atoms. The molecule has 2 aliphatic rings. The molecular formula is C18H26N2O. The number of carbonyl (C=O) groups is 1. The predicted molar refractivity (Wildman–Crippen MR) is 85.2 cm³/mol. The summed E-state index contributed by atoms with van der Waals surface area (Å²) >= 11 is 0. The third-order valence-electron chi connectivity index (χ3n) is 4.98. The van der Waals surface area contributed by atoms with E-state index in [9.17, 15) is 4.79 Å². The van der Waals surface area contributed by atoms with Crippen LogP contribution in [0.5, 0.6) is 0 Å². The summed E-state index contributed by atoms with van der Waals surface area (Å²) in [6.45, 7) is 8.28. The first kappa shape index (κ1) is 14.6. The molecule has 1 aliphatic carbocycles. The average molecular weight is 286 g/mol. The minimum absolute atomic E-state index is 0.277. The molecule has 0 bridgehead atoms. The van der Waals surface area contributed by atoms with Gasteiger partial charge in [0.15, 0.2) is 0 Å². The standard InChI is InChI=1S/C18H26N2O/c1-14-4-3-5-16(12-14)13-18(21)20-10-8-19(9-11-20)15(2)17-6-7-17/h3-5,12,15,17H,6-11,13H2,1-2H3. The van der Waals surface area contributed by atoms with E-state index in [-0.39, 0.29) is 5.91 Å². The van der Waals surface area contributed by atoms with Gasteiger partial charge in [-0.1, -0.05) is 29.8 Å². The number of aryl methyl sites for hydroxylation is 1. The summed E-state index contributed by atoms with van der Waals surface area (Å²) in [6.07, 6.45) is 3.33. The zero-order valence-electron chi connectivity index (χ0n) is 13.2. The molecule has 1 amide bonds. The molecule has 0 radical (unpaired) electrons. The maximum absolute atomic E-state index is 12.4. The van der Waals surface area contributed by atoms with E-state index in [2.05, 4.69) is 36.9 Å². The van der Waals surface area contributed by atoms with Crippen LogP contribution in [0.2, 0.25) is 0 Å². The van der Waals surface area contributed by atoms with Gasteiger partial charge in [0.25, 0.3) is 0 Å². The van der Waals surface area contributed by atoms with Crippen LogP contribution in [0.15, 0.2) is 24.3 Å². The topological polar surface area (TPSA) is 23.6 Å². The Morgan fingerprint density at radius 1 is 1.24 bits per heavy atom. The van der Waals surface area contributed by atoms with Crippen LogP contribution < -0.4 is 0 Å². The van der Waals surface area contributed by atoms with Gasteiger partial charge in [-0.2, -0.15) is 0 Å². The molecule has 1 saturated heterocycles. The molecular weight excluding hydrogens is 260 g/mol. The van der Waals surface area contributed by atoms with E-state index in [1.54, 1.807) is 0 Å². The summed E-state index contributed by atoms with van der Waals surface area (Å²) in [6, 6.07) is 8.98. The number of nitrogens with zero attached hydrogens (tertiary/aromatic N) is 2. The van der Waals surface area contributed by atoms with Crippen LogP contribution in [0.3, 0.4) is 0 Å². The van der Waals surface area contributed by atoms with Gasteiger partial charge in [-0.05, 0) is 38.2 Å². The molecule has 1 heterocycles. The molecule has 114 valence electrons. The van der Waals surface area contributed by atoms with E-state index >= 15 is 0 Å². The van der Waals surface area contributed by atoms with Crippen LogP contribution in [0, 0.1) is 12.8 Å². The molecule has 0 N–H and O–H groups in total. The largest absolute Gasteiger partial charge is 0.340 e. The molecule has 3 heteroatoms. The van der Waals surface area contributed by atoms with E-state index in [0.29, 0.717) is 12.5 Å². The first-order valence-corrected chi connectivity index (χ1v) is 8.21. The monoisotopic (exact) mass is 286 g/mol. The van der Waals surface area contributed by atoms with Crippen molar-refractivity contribution in [3.8, 4) is 0 Å².